The number of piperidine rings is 1. The second kappa shape index (κ2) is 7.89. The van der Waals surface area contributed by atoms with Gasteiger partial charge >= 0.3 is 0 Å². The fourth-order valence-electron chi connectivity index (χ4n) is 3.97. The van der Waals surface area contributed by atoms with Crippen molar-refractivity contribution in [2.45, 2.75) is 32.3 Å². The van der Waals surface area contributed by atoms with Gasteiger partial charge in [-0.25, -0.2) is 0 Å². The Bertz CT molecular complexity index is 586. The van der Waals surface area contributed by atoms with Crippen LogP contribution in [0.1, 0.15) is 35.4 Å². The number of amides is 1. The van der Waals surface area contributed by atoms with Crippen LogP contribution in [0.2, 0.25) is 0 Å². The van der Waals surface area contributed by atoms with E-state index in [0.29, 0.717) is 31.1 Å². The highest BCUT2D eigenvalue weighted by Gasteiger charge is 2.47. The highest BCUT2D eigenvalue weighted by atomic mass is 16.5. The number of aryl methyl sites for hydroxylation is 1. The fraction of sp³-hybridized carbons (Fsp3) is 0.737. The van der Waals surface area contributed by atoms with Crippen LogP contribution >= 0.6 is 0 Å². The third-order valence-corrected chi connectivity index (χ3v) is 5.44. The van der Waals surface area contributed by atoms with E-state index in [4.69, 9.17) is 13.9 Å². The first-order valence-electron chi connectivity index (χ1n) is 9.19. The lowest BCUT2D eigenvalue weighted by atomic mass is 9.73. The number of carbonyl (C=O) groups is 1. The van der Waals surface area contributed by atoms with E-state index in [9.17, 15) is 4.79 Å². The van der Waals surface area contributed by atoms with E-state index in [1.807, 2.05) is 25.9 Å². The number of furan rings is 1. The molecule has 0 bridgehead atoms. The molecule has 2 aliphatic heterocycles. The quantitative estimate of drug-likeness (QED) is 0.736. The van der Waals surface area contributed by atoms with Crippen LogP contribution in [-0.4, -0.2) is 75.4 Å². The summed E-state index contributed by atoms with van der Waals surface area (Å²) < 4.78 is 17.4. The van der Waals surface area contributed by atoms with Crippen LogP contribution in [0.4, 0.5) is 0 Å². The number of hydrogen-bond acceptors (Lipinski definition) is 5. The maximum absolute atomic E-state index is 12.9. The van der Waals surface area contributed by atoms with Crippen LogP contribution in [0.25, 0.3) is 0 Å². The van der Waals surface area contributed by atoms with E-state index >= 15 is 0 Å². The van der Waals surface area contributed by atoms with Crippen molar-refractivity contribution in [3.8, 4) is 0 Å². The molecule has 0 aromatic carbocycles. The molecular weight excluding hydrogens is 320 g/mol. The molecule has 0 N–H and O–H groups in total. The average molecular weight is 350 g/mol. The molecule has 0 aliphatic carbocycles. The molecule has 0 unspecified atom stereocenters. The van der Waals surface area contributed by atoms with Gasteiger partial charge in [-0.1, -0.05) is 0 Å². The van der Waals surface area contributed by atoms with Crippen molar-refractivity contribution in [3.05, 3.63) is 23.7 Å². The van der Waals surface area contributed by atoms with Crippen LogP contribution in [0.3, 0.4) is 0 Å². The summed E-state index contributed by atoms with van der Waals surface area (Å²) in [5.41, 5.74) is 0.578. The van der Waals surface area contributed by atoms with Crippen molar-refractivity contribution in [1.29, 1.82) is 0 Å². The Balaban J connectivity index is 1.68. The minimum Gasteiger partial charge on any atom is -0.469 e. The van der Waals surface area contributed by atoms with Crippen molar-refractivity contribution < 1.29 is 18.7 Å². The van der Waals surface area contributed by atoms with E-state index in [2.05, 4.69) is 4.90 Å². The summed E-state index contributed by atoms with van der Waals surface area (Å²) in [5, 5.41) is 0. The average Bonchev–Trinajstić information content (AvgIpc) is 3.03. The Kier molecular flexibility index (Phi) is 5.81. The SMILES string of the molecule is Cc1occc1C(=O)N1CC[C@H]2OCCC[C@@]2(COCCN(C)C)C1. The predicted octanol–water partition coefficient (Wildman–Crippen LogP) is 2.18. The van der Waals surface area contributed by atoms with Gasteiger partial charge in [0.25, 0.3) is 5.91 Å². The van der Waals surface area contributed by atoms with Crippen molar-refractivity contribution >= 4 is 5.91 Å². The van der Waals surface area contributed by atoms with Gasteiger partial charge in [-0.3, -0.25) is 4.79 Å². The van der Waals surface area contributed by atoms with E-state index < -0.39 is 0 Å². The molecule has 1 aromatic rings. The lowest BCUT2D eigenvalue weighted by Gasteiger charge is -2.50. The molecular formula is C19H30N2O4. The standard InChI is InChI=1S/C19H30N2O4/c1-15-16(6-11-24-15)18(22)21-8-5-17-19(13-21,7-4-10-25-17)14-23-12-9-20(2)3/h6,11,17H,4-5,7-10,12-14H2,1-3H3/t17-,19+/m1/s1. The van der Waals surface area contributed by atoms with E-state index in [1.165, 1.54) is 0 Å². The van der Waals surface area contributed by atoms with Crippen LogP contribution < -0.4 is 0 Å². The molecule has 1 amide bonds. The zero-order valence-corrected chi connectivity index (χ0v) is 15.6. The number of nitrogens with zero attached hydrogens (tertiary/aromatic N) is 2. The minimum atomic E-state index is -0.0872. The smallest absolute Gasteiger partial charge is 0.257 e. The van der Waals surface area contributed by atoms with Crippen LogP contribution in [0.5, 0.6) is 0 Å². The zero-order valence-electron chi connectivity index (χ0n) is 15.6. The van der Waals surface area contributed by atoms with E-state index in [1.54, 1.807) is 12.3 Å². The Hall–Kier alpha value is -1.37. The summed E-state index contributed by atoms with van der Waals surface area (Å²) in [5.74, 6) is 0.742. The van der Waals surface area contributed by atoms with Gasteiger partial charge in [0.1, 0.15) is 5.76 Å². The second-order valence-corrected chi connectivity index (χ2v) is 7.59. The molecule has 6 nitrogen and oxygen atoms in total. The van der Waals surface area contributed by atoms with Crippen molar-refractivity contribution in [1.82, 2.24) is 9.80 Å². The summed E-state index contributed by atoms with van der Waals surface area (Å²) >= 11 is 0. The number of hydrogen-bond donors (Lipinski definition) is 0. The minimum absolute atomic E-state index is 0.0583. The first-order valence-corrected chi connectivity index (χ1v) is 9.19. The molecule has 140 valence electrons. The first-order chi connectivity index (χ1) is 12.0. The van der Waals surface area contributed by atoms with E-state index in [-0.39, 0.29) is 17.4 Å². The Morgan fingerprint density at radius 2 is 2.32 bits per heavy atom. The summed E-state index contributed by atoms with van der Waals surface area (Å²) in [6, 6.07) is 1.77. The molecule has 2 aliphatic rings. The van der Waals surface area contributed by atoms with Crippen molar-refractivity contribution in [2.24, 2.45) is 5.41 Å². The molecule has 0 spiro atoms. The summed E-state index contributed by atoms with van der Waals surface area (Å²) in [6.07, 6.45) is 4.72. The number of likely N-dealkylation sites (N-methyl/N-ethyl adjacent to an activating group) is 1. The number of likely N-dealkylation sites (tertiary alicyclic amines) is 1. The molecule has 6 heteroatoms. The van der Waals surface area contributed by atoms with Crippen molar-refractivity contribution in [2.75, 3.05) is 53.6 Å². The zero-order chi connectivity index (χ0) is 17.9. The normalized spacial score (nSPS) is 26.7. The second-order valence-electron chi connectivity index (χ2n) is 7.59. The molecule has 2 atom stereocenters. The Morgan fingerprint density at radius 3 is 3.04 bits per heavy atom. The molecule has 2 saturated heterocycles. The molecule has 0 radical (unpaired) electrons. The van der Waals surface area contributed by atoms with Crippen LogP contribution in [-0.2, 0) is 9.47 Å². The number of rotatable bonds is 6. The largest absolute Gasteiger partial charge is 0.469 e. The highest BCUT2D eigenvalue weighted by molar-refractivity contribution is 5.95. The van der Waals surface area contributed by atoms with Gasteiger partial charge in [0.05, 0.1) is 31.1 Å². The Morgan fingerprint density at radius 1 is 1.48 bits per heavy atom. The van der Waals surface area contributed by atoms with Gasteiger partial charge in [-0.05, 0) is 46.3 Å². The lowest BCUT2D eigenvalue weighted by Crippen LogP contribution is -2.58. The summed E-state index contributed by atoms with van der Waals surface area (Å²) in [4.78, 5) is 17.0. The maximum atomic E-state index is 12.9. The molecule has 0 saturated carbocycles. The molecule has 1 aromatic heterocycles. The topological polar surface area (TPSA) is 55.2 Å². The maximum Gasteiger partial charge on any atom is 0.257 e. The number of fused-ring (bicyclic) bond motifs is 1. The third-order valence-electron chi connectivity index (χ3n) is 5.44. The van der Waals surface area contributed by atoms with Gasteiger partial charge < -0.3 is 23.7 Å². The number of ether oxygens (including phenoxy) is 2. The molecule has 25 heavy (non-hydrogen) atoms. The molecule has 2 fully saturated rings. The monoisotopic (exact) mass is 350 g/mol. The van der Waals surface area contributed by atoms with Gasteiger partial charge in [0.15, 0.2) is 0 Å². The number of carbonyl (C=O) groups excluding carboxylic acids is 1. The highest BCUT2D eigenvalue weighted by Crippen LogP contribution is 2.41. The lowest BCUT2D eigenvalue weighted by molar-refractivity contribution is -0.147. The van der Waals surface area contributed by atoms with Gasteiger partial charge in [0.2, 0.25) is 0 Å². The van der Waals surface area contributed by atoms with Gasteiger partial charge in [-0.15, -0.1) is 0 Å². The summed E-state index contributed by atoms with van der Waals surface area (Å²) in [7, 11) is 4.09. The predicted molar refractivity (Wildman–Crippen MR) is 94.7 cm³/mol. The van der Waals surface area contributed by atoms with Gasteiger partial charge in [-0.2, -0.15) is 0 Å². The molecule has 3 rings (SSSR count). The van der Waals surface area contributed by atoms with Crippen LogP contribution in [0, 0.1) is 12.3 Å². The third kappa shape index (κ3) is 4.07. The fourth-order valence-corrected chi connectivity index (χ4v) is 3.97. The van der Waals surface area contributed by atoms with Crippen molar-refractivity contribution in [3.63, 3.8) is 0 Å². The van der Waals surface area contributed by atoms with Gasteiger partial charge in [0, 0.05) is 31.7 Å². The Labute approximate surface area is 150 Å². The van der Waals surface area contributed by atoms with E-state index in [0.717, 1.165) is 39.0 Å². The first kappa shape index (κ1) is 18.4. The summed E-state index contributed by atoms with van der Waals surface area (Å²) in [6.45, 7) is 6.34. The molecule has 3 heterocycles. The van der Waals surface area contributed by atoms with Crippen LogP contribution in [0.15, 0.2) is 16.7 Å².